The van der Waals surface area contributed by atoms with Gasteiger partial charge in [-0.3, -0.25) is 4.79 Å². The highest BCUT2D eigenvalue weighted by molar-refractivity contribution is 5.80. The first-order chi connectivity index (χ1) is 12.6. The first kappa shape index (κ1) is 20.5. The van der Waals surface area contributed by atoms with Crippen molar-refractivity contribution >= 4 is 5.91 Å². The molecule has 0 aromatic heterocycles. The van der Waals surface area contributed by atoms with E-state index in [2.05, 4.69) is 24.0 Å². The zero-order valence-corrected chi connectivity index (χ0v) is 16.0. The molecule has 5 nitrogen and oxygen atoms in total. The van der Waals surface area contributed by atoms with E-state index in [-0.39, 0.29) is 11.3 Å². The zero-order chi connectivity index (χ0) is 18.8. The van der Waals surface area contributed by atoms with Gasteiger partial charge in [0.05, 0.1) is 13.2 Å². The largest absolute Gasteiger partial charge is 0.494 e. The van der Waals surface area contributed by atoms with E-state index in [1.54, 1.807) is 13.0 Å². The molecule has 5 heteroatoms. The van der Waals surface area contributed by atoms with Gasteiger partial charge < -0.3 is 19.5 Å². The quantitative estimate of drug-likeness (QED) is 0.513. The lowest BCUT2D eigenvalue weighted by molar-refractivity contribution is -0.132. The Morgan fingerprint density at radius 2 is 2.04 bits per heavy atom. The lowest BCUT2D eigenvalue weighted by Gasteiger charge is -2.38. The minimum atomic E-state index is -0.466. The molecule has 1 atom stereocenters. The predicted molar refractivity (Wildman–Crippen MR) is 103 cm³/mol. The lowest BCUT2D eigenvalue weighted by Crippen LogP contribution is -2.47. The summed E-state index contributed by atoms with van der Waals surface area (Å²) in [5, 5.41) is 3.08. The van der Waals surface area contributed by atoms with Crippen LogP contribution in [0.4, 0.5) is 0 Å². The van der Waals surface area contributed by atoms with Gasteiger partial charge in [0.1, 0.15) is 11.9 Å². The van der Waals surface area contributed by atoms with Crippen LogP contribution in [0, 0.1) is 0 Å². The molecular weight excluding hydrogens is 330 g/mol. The van der Waals surface area contributed by atoms with Gasteiger partial charge in [-0.25, -0.2) is 0 Å². The number of ether oxygens (including phenoxy) is 3. The van der Waals surface area contributed by atoms with Crippen LogP contribution in [0.25, 0.3) is 0 Å². The highest BCUT2D eigenvalue weighted by Crippen LogP contribution is 2.35. The van der Waals surface area contributed by atoms with E-state index in [4.69, 9.17) is 14.2 Å². The van der Waals surface area contributed by atoms with Crippen LogP contribution >= 0.6 is 0 Å². The number of amides is 1. The summed E-state index contributed by atoms with van der Waals surface area (Å²) < 4.78 is 16.6. The maximum absolute atomic E-state index is 12.4. The normalized spacial score (nSPS) is 17.3. The van der Waals surface area contributed by atoms with Gasteiger partial charge in [-0.1, -0.05) is 18.2 Å². The van der Waals surface area contributed by atoms with Gasteiger partial charge in [-0.15, -0.1) is 6.58 Å². The maximum atomic E-state index is 12.4. The predicted octanol–water partition coefficient (Wildman–Crippen LogP) is 3.23. The van der Waals surface area contributed by atoms with Crippen LogP contribution in [-0.2, 0) is 19.7 Å². The third-order valence-corrected chi connectivity index (χ3v) is 4.89. The van der Waals surface area contributed by atoms with E-state index >= 15 is 0 Å². The second-order valence-corrected chi connectivity index (χ2v) is 6.66. The Hall–Kier alpha value is -1.85. The third-order valence-electron chi connectivity index (χ3n) is 4.89. The van der Waals surface area contributed by atoms with Crippen molar-refractivity contribution in [2.24, 2.45) is 0 Å². The van der Waals surface area contributed by atoms with Gasteiger partial charge >= 0.3 is 0 Å². The minimum Gasteiger partial charge on any atom is -0.494 e. The van der Waals surface area contributed by atoms with Crippen LogP contribution in [0.15, 0.2) is 36.9 Å². The molecule has 0 spiro atoms. The summed E-state index contributed by atoms with van der Waals surface area (Å²) in [6.07, 6.45) is 3.82. The molecule has 1 amide bonds. The molecule has 1 heterocycles. The van der Waals surface area contributed by atoms with Gasteiger partial charge in [0, 0.05) is 25.2 Å². The van der Waals surface area contributed by atoms with E-state index in [0.717, 1.165) is 25.0 Å². The zero-order valence-electron chi connectivity index (χ0n) is 16.0. The number of hydrogen-bond donors (Lipinski definition) is 1. The number of carbonyl (C=O) groups excluding carboxylic acids is 1. The number of nitrogens with one attached hydrogen (secondary N) is 1. The van der Waals surface area contributed by atoms with Gasteiger partial charge in [0.25, 0.3) is 0 Å². The number of rotatable bonds is 10. The summed E-state index contributed by atoms with van der Waals surface area (Å²) >= 11 is 0. The standard InChI is InChI=1S/C21H31NO4/c1-4-6-13-26-17(3)20(23)22-16-21(11-14-24-15-12-21)18-7-9-19(10-8-18)25-5-2/h4,7-10,17H,1,5-6,11-16H2,2-3H3,(H,22,23). The van der Waals surface area contributed by atoms with E-state index in [1.165, 1.54) is 5.56 Å². The van der Waals surface area contributed by atoms with Gasteiger partial charge in [0.15, 0.2) is 0 Å². The topological polar surface area (TPSA) is 56.8 Å². The molecule has 1 aromatic rings. The first-order valence-electron chi connectivity index (χ1n) is 9.42. The van der Waals surface area contributed by atoms with E-state index in [9.17, 15) is 4.79 Å². The minimum absolute atomic E-state index is 0.0779. The third kappa shape index (κ3) is 5.58. The van der Waals surface area contributed by atoms with Crippen molar-refractivity contribution in [2.75, 3.05) is 33.0 Å². The molecule has 1 fully saturated rings. The Morgan fingerprint density at radius 3 is 2.65 bits per heavy atom. The monoisotopic (exact) mass is 361 g/mol. The van der Waals surface area contributed by atoms with Crippen LogP contribution in [0.1, 0.15) is 38.7 Å². The van der Waals surface area contributed by atoms with Gasteiger partial charge in [-0.2, -0.15) is 0 Å². The molecule has 1 aliphatic heterocycles. The fourth-order valence-corrected chi connectivity index (χ4v) is 3.20. The number of benzene rings is 1. The van der Waals surface area contributed by atoms with Crippen molar-refractivity contribution in [2.45, 2.75) is 44.6 Å². The highest BCUT2D eigenvalue weighted by Gasteiger charge is 2.35. The van der Waals surface area contributed by atoms with Crippen LogP contribution in [0.2, 0.25) is 0 Å². The molecule has 1 saturated heterocycles. The molecule has 144 valence electrons. The smallest absolute Gasteiger partial charge is 0.248 e. The lowest BCUT2D eigenvalue weighted by atomic mass is 9.74. The molecule has 1 aliphatic rings. The summed E-state index contributed by atoms with van der Waals surface area (Å²) in [6.45, 7) is 10.6. The van der Waals surface area contributed by atoms with Crippen molar-refractivity contribution in [3.63, 3.8) is 0 Å². The Bertz CT molecular complexity index is 564. The van der Waals surface area contributed by atoms with E-state index < -0.39 is 6.10 Å². The van der Waals surface area contributed by atoms with Crippen molar-refractivity contribution in [1.82, 2.24) is 5.32 Å². The second kappa shape index (κ2) is 10.3. The summed E-state index contributed by atoms with van der Waals surface area (Å²) in [5.41, 5.74) is 1.10. The van der Waals surface area contributed by atoms with Crippen LogP contribution in [0.3, 0.4) is 0 Å². The van der Waals surface area contributed by atoms with E-state index in [1.807, 2.05) is 19.1 Å². The molecule has 26 heavy (non-hydrogen) atoms. The van der Waals surface area contributed by atoms with Crippen molar-refractivity contribution in [1.29, 1.82) is 0 Å². The molecule has 0 bridgehead atoms. The van der Waals surface area contributed by atoms with Crippen LogP contribution < -0.4 is 10.1 Å². The van der Waals surface area contributed by atoms with Crippen LogP contribution in [0.5, 0.6) is 5.75 Å². The molecule has 0 saturated carbocycles. The van der Waals surface area contributed by atoms with Crippen molar-refractivity contribution < 1.29 is 19.0 Å². The average Bonchev–Trinajstić information content (AvgIpc) is 2.68. The second-order valence-electron chi connectivity index (χ2n) is 6.66. The number of carbonyl (C=O) groups is 1. The Kier molecular flexibility index (Phi) is 8.13. The molecule has 0 aliphatic carbocycles. The van der Waals surface area contributed by atoms with Crippen molar-refractivity contribution in [3.05, 3.63) is 42.5 Å². The Morgan fingerprint density at radius 1 is 1.35 bits per heavy atom. The summed E-state index contributed by atoms with van der Waals surface area (Å²) in [4.78, 5) is 12.4. The molecule has 1 N–H and O–H groups in total. The fraction of sp³-hybridized carbons (Fsp3) is 0.571. The fourth-order valence-electron chi connectivity index (χ4n) is 3.20. The van der Waals surface area contributed by atoms with Crippen molar-refractivity contribution in [3.8, 4) is 5.75 Å². The Balaban J connectivity index is 2.02. The maximum Gasteiger partial charge on any atom is 0.248 e. The average molecular weight is 361 g/mol. The van der Waals surface area contributed by atoms with Crippen LogP contribution in [-0.4, -0.2) is 45.0 Å². The Labute approximate surface area is 156 Å². The summed E-state index contributed by atoms with van der Waals surface area (Å²) in [5.74, 6) is 0.789. The SMILES string of the molecule is C=CCCOC(C)C(=O)NCC1(c2ccc(OCC)cc2)CCOCC1. The number of hydrogen-bond acceptors (Lipinski definition) is 4. The molecular formula is C21H31NO4. The molecule has 1 aromatic carbocycles. The molecule has 0 radical (unpaired) electrons. The summed E-state index contributed by atoms with van der Waals surface area (Å²) in [6, 6.07) is 8.21. The molecule has 2 rings (SSSR count). The van der Waals surface area contributed by atoms with Gasteiger partial charge in [0.2, 0.25) is 5.91 Å². The highest BCUT2D eigenvalue weighted by atomic mass is 16.5. The molecule has 1 unspecified atom stereocenters. The van der Waals surface area contributed by atoms with Gasteiger partial charge in [-0.05, 0) is 50.8 Å². The first-order valence-corrected chi connectivity index (χ1v) is 9.42. The van der Waals surface area contributed by atoms with E-state index in [0.29, 0.717) is 33.0 Å². The summed E-state index contributed by atoms with van der Waals surface area (Å²) in [7, 11) is 0.